The van der Waals surface area contributed by atoms with Crippen molar-refractivity contribution in [3.05, 3.63) is 47.8 Å². The Morgan fingerprint density at radius 2 is 2.19 bits per heavy atom. The lowest BCUT2D eigenvalue weighted by atomic mass is 9.91. The number of benzene rings is 1. The van der Waals surface area contributed by atoms with Crippen molar-refractivity contribution < 1.29 is 4.74 Å². The van der Waals surface area contributed by atoms with Crippen molar-refractivity contribution in [2.24, 2.45) is 5.84 Å². The lowest BCUT2D eigenvalue weighted by Gasteiger charge is -2.21. The molecule has 1 aliphatic rings. The molecule has 5 heteroatoms. The number of nitrogens with one attached hydrogen (secondary N) is 1. The van der Waals surface area contributed by atoms with Crippen molar-refractivity contribution in [2.45, 2.75) is 38.3 Å². The zero-order valence-electron chi connectivity index (χ0n) is 12.5. The van der Waals surface area contributed by atoms with Crippen molar-refractivity contribution in [3.8, 4) is 5.75 Å². The molecule has 3 N–H and O–H groups in total. The van der Waals surface area contributed by atoms with E-state index in [1.807, 2.05) is 29.1 Å². The van der Waals surface area contributed by atoms with Gasteiger partial charge in [0.15, 0.2) is 0 Å². The number of hydrazine groups is 1. The third-order valence-corrected chi connectivity index (χ3v) is 4.06. The highest BCUT2D eigenvalue weighted by molar-refractivity contribution is 5.40. The van der Waals surface area contributed by atoms with Crippen LogP contribution < -0.4 is 16.0 Å². The lowest BCUT2D eigenvalue weighted by Crippen LogP contribution is -2.42. The fourth-order valence-electron chi connectivity index (χ4n) is 2.84. The largest absolute Gasteiger partial charge is 0.493 e. The molecule has 1 aromatic heterocycles. The first-order valence-electron chi connectivity index (χ1n) is 7.41. The van der Waals surface area contributed by atoms with Crippen LogP contribution in [0, 0.1) is 0 Å². The van der Waals surface area contributed by atoms with Crippen molar-refractivity contribution >= 4 is 0 Å². The average Bonchev–Trinajstić information content (AvgIpc) is 3.11. The van der Waals surface area contributed by atoms with Gasteiger partial charge in [0, 0.05) is 36.2 Å². The summed E-state index contributed by atoms with van der Waals surface area (Å²) in [4.78, 5) is 0. The molecule has 0 saturated carbocycles. The molecule has 0 saturated heterocycles. The minimum atomic E-state index is 0.115. The summed E-state index contributed by atoms with van der Waals surface area (Å²) in [7, 11) is 0. The summed E-state index contributed by atoms with van der Waals surface area (Å²) < 4.78 is 7.73. The van der Waals surface area contributed by atoms with E-state index in [1.165, 1.54) is 5.56 Å². The molecule has 112 valence electrons. The first-order chi connectivity index (χ1) is 10.2. The van der Waals surface area contributed by atoms with Crippen LogP contribution in [0.3, 0.4) is 0 Å². The Hall–Kier alpha value is -1.85. The highest BCUT2D eigenvalue weighted by Crippen LogP contribution is 2.36. The average molecular weight is 286 g/mol. The van der Waals surface area contributed by atoms with Crippen LogP contribution in [0.4, 0.5) is 0 Å². The van der Waals surface area contributed by atoms with Crippen LogP contribution >= 0.6 is 0 Å². The molecule has 0 amide bonds. The molecular formula is C16H22N4O. The van der Waals surface area contributed by atoms with Gasteiger partial charge in [-0.25, -0.2) is 0 Å². The molecule has 0 fully saturated rings. The number of fused-ring (bicyclic) bond motifs is 1. The lowest BCUT2D eigenvalue weighted by molar-refractivity contribution is 0.296. The smallest absolute Gasteiger partial charge is 0.122 e. The maximum absolute atomic E-state index is 5.78. The van der Waals surface area contributed by atoms with E-state index in [9.17, 15) is 0 Å². The standard InChI is InChI=1S/C16H22N4O/c1-11(2)20-8-7-12(19-20)9-15(18-17)14-10-21-16-6-4-3-5-13(14)16/h3-8,11,14-15,18H,9-10,17H2,1-2H3. The minimum Gasteiger partial charge on any atom is -0.493 e. The van der Waals surface area contributed by atoms with Gasteiger partial charge in [-0.3, -0.25) is 16.0 Å². The van der Waals surface area contributed by atoms with E-state index in [2.05, 4.69) is 36.5 Å². The Labute approximate surface area is 125 Å². The number of nitrogens with zero attached hydrogens (tertiary/aromatic N) is 2. The third kappa shape index (κ3) is 2.80. The number of hydrogen-bond acceptors (Lipinski definition) is 4. The summed E-state index contributed by atoms with van der Waals surface area (Å²) in [6, 6.07) is 10.7. The van der Waals surface area contributed by atoms with E-state index in [0.29, 0.717) is 12.6 Å². The predicted molar refractivity (Wildman–Crippen MR) is 82.1 cm³/mol. The number of ether oxygens (including phenoxy) is 1. The van der Waals surface area contributed by atoms with Gasteiger partial charge in [0.2, 0.25) is 0 Å². The number of hydrogen-bond donors (Lipinski definition) is 2. The zero-order valence-corrected chi connectivity index (χ0v) is 12.5. The van der Waals surface area contributed by atoms with Crippen LogP contribution in [-0.2, 0) is 6.42 Å². The number of rotatable bonds is 5. The quantitative estimate of drug-likeness (QED) is 0.652. The van der Waals surface area contributed by atoms with Crippen LogP contribution in [0.2, 0.25) is 0 Å². The normalized spacial score (nSPS) is 18.6. The third-order valence-electron chi connectivity index (χ3n) is 4.06. The molecule has 1 aliphatic heterocycles. The SMILES string of the molecule is CC(C)n1ccc(CC(NN)C2COc3ccccc32)n1. The van der Waals surface area contributed by atoms with Gasteiger partial charge in [0.25, 0.3) is 0 Å². The maximum Gasteiger partial charge on any atom is 0.122 e. The molecule has 2 heterocycles. The van der Waals surface area contributed by atoms with Gasteiger partial charge in [-0.2, -0.15) is 5.10 Å². The molecule has 0 radical (unpaired) electrons. The van der Waals surface area contributed by atoms with Gasteiger partial charge in [-0.15, -0.1) is 0 Å². The van der Waals surface area contributed by atoms with Crippen LogP contribution in [0.5, 0.6) is 5.75 Å². The van der Waals surface area contributed by atoms with Gasteiger partial charge in [-0.1, -0.05) is 18.2 Å². The molecule has 2 atom stereocenters. The Kier molecular flexibility index (Phi) is 3.94. The fraction of sp³-hybridized carbons (Fsp3) is 0.438. The summed E-state index contributed by atoms with van der Waals surface area (Å²) in [5.74, 6) is 7.01. The molecule has 21 heavy (non-hydrogen) atoms. The van der Waals surface area contributed by atoms with Gasteiger partial charge in [0.05, 0.1) is 12.3 Å². The molecule has 0 bridgehead atoms. The van der Waals surface area contributed by atoms with Crippen molar-refractivity contribution in [3.63, 3.8) is 0 Å². The van der Waals surface area contributed by atoms with Crippen molar-refractivity contribution in [1.82, 2.24) is 15.2 Å². The first kappa shape index (κ1) is 14.1. The molecule has 0 spiro atoms. The molecule has 1 aromatic carbocycles. The van der Waals surface area contributed by atoms with Crippen molar-refractivity contribution in [1.29, 1.82) is 0 Å². The van der Waals surface area contributed by atoms with Crippen LogP contribution in [0.15, 0.2) is 36.5 Å². The second kappa shape index (κ2) is 5.87. The zero-order chi connectivity index (χ0) is 14.8. The first-order valence-corrected chi connectivity index (χ1v) is 7.41. The molecular weight excluding hydrogens is 264 g/mol. The molecule has 0 aliphatic carbocycles. The summed E-state index contributed by atoms with van der Waals surface area (Å²) >= 11 is 0. The molecule has 3 rings (SSSR count). The number of nitrogens with two attached hydrogens (primary N) is 1. The Morgan fingerprint density at radius 1 is 1.38 bits per heavy atom. The molecule has 2 unspecified atom stereocenters. The second-order valence-corrected chi connectivity index (χ2v) is 5.81. The summed E-state index contributed by atoms with van der Waals surface area (Å²) in [5, 5.41) is 4.61. The van der Waals surface area contributed by atoms with E-state index in [1.54, 1.807) is 0 Å². The fourth-order valence-corrected chi connectivity index (χ4v) is 2.84. The predicted octanol–water partition coefficient (Wildman–Crippen LogP) is 2.01. The topological polar surface area (TPSA) is 65.1 Å². The Morgan fingerprint density at radius 3 is 2.90 bits per heavy atom. The Balaban J connectivity index is 1.77. The number of para-hydroxylation sites is 1. The van der Waals surface area contributed by atoms with Gasteiger partial charge in [0.1, 0.15) is 5.75 Å². The van der Waals surface area contributed by atoms with Crippen LogP contribution in [0.1, 0.15) is 37.1 Å². The van der Waals surface area contributed by atoms with E-state index in [-0.39, 0.29) is 12.0 Å². The second-order valence-electron chi connectivity index (χ2n) is 5.81. The molecule has 2 aromatic rings. The molecule has 5 nitrogen and oxygen atoms in total. The van der Waals surface area contributed by atoms with Crippen molar-refractivity contribution in [2.75, 3.05) is 6.61 Å². The maximum atomic E-state index is 5.78. The van der Waals surface area contributed by atoms with Gasteiger partial charge < -0.3 is 4.74 Å². The Bertz CT molecular complexity index is 608. The van der Waals surface area contributed by atoms with E-state index < -0.39 is 0 Å². The highest BCUT2D eigenvalue weighted by Gasteiger charge is 2.31. The summed E-state index contributed by atoms with van der Waals surface area (Å²) in [6.45, 7) is 4.91. The van der Waals surface area contributed by atoms with Crippen LogP contribution in [0.25, 0.3) is 0 Å². The van der Waals surface area contributed by atoms with Gasteiger partial charge >= 0.3 is 0 Å². The number of aromatic nitrogens is 2. The van der Waals surface area contributed by atoms with E-state index >= 15 is 0 Å². The van der Waals surface area contributed by atoms with Crippen LogP contribution in [-0.4, -0.2) is 22.4 Å². The monoisotopic (exact) mass is 286 g/mol. The van der Waals surface area contributed by atoms with E-state index in [0.717, 1.165) is 17.9 Å². The van der Waals surface area contributed by atoms with E-state index in [4.69, 9.17) is 10.6 Å². The summed E-state index contributed by atoms with van der Waals surface area (Å²) in [6.07, 6.45) is 2.81. The minimum absolute atomic E-state index is 0.115. The van der Waals surface area contributed by atoms with Gasteiger partial charge in [-0.05, 0) is 26.0 Å². The highest BCUT2D eigenvalue weighted by atomic mass is 16.5. The summed E-state index contributed by atoms with van der Waals surface area (Å²) in [5.41, 5.74) is 5.22.